The molecule has 22 heavy (non-hydrogen) atoms. The van der Waals surface area contributed by atoms with Crippen LogP contribution in [0.3, 0.4) is 0 Å². The quantitative estimate of drug-likeness (QED) is 0.846. The Morgan fingerprint density at radius 3 is 3.09 bits per heavy atom. The maximum absolute atomic E-state index is 5.50. The first-order valence-electron chi connectivity index (χ1n) is 8.19. The van der Waals surface area contributed by atoms with Crippen molar-refractivity contribution in [3.8, 4) is 0 Å². The zero-order valence-corrected chi connectivity index (χ0v) is 12.9. The molecule has 0 radical (unpaired) electrons. The van der Waals surface area contributed by atoms with E-state index >= 15 is 0 Å². The van der Waals surface area contributed by atoms with Crippen molar-refractivity contribution in [2.75, 3.05) is 32.8 Å². The molecule has 6 heteroatoms. The molecule has 6 nitrogen and oxygen atoms in total. The van der Waals surface area contributed by atoms with Crippen LogP contribution in [0.1, 0.15) is 17.9 Å². The summed E-state index contributed by atoms with van der Waals surface area (Å²) in [7, 11) is 0. The van der Waals surface area contributed by atoms with Crippen molar-refractivity contribution in [1.82, 2.24) is 24.2 Å². The maximum Gasteiger partial charge on any atom is 0.110 e. The molecule has 1 fully saturated rings. The largest absolute Gasteiger partial charge is 0.381 e. The van der Waals surface area contributed by atoms with Crippen LogP contribution in [0, 0.1) is 5.92 Å². The van der Waals surface area contributed by atoms with Gasteiger partial charge in [-0.25, -0.2) is 4.98 Å². The van der Waals surface area contributed by atoms with Crippen LogP contribution in [-0.2, 0) is 24.2 Å². The SMILES string of the molecule is c1cnn(Cc2cnc3n2CCN(CC2CCOC2)CC3)c1. The number of fused-ring (bicyclic) bond motifs is 1. The van der Waals surface area contributed by atoms with Gasteiger partial charge in [0.25, 0.3) is 0 Å². The third-order valence-electron chi connectivity index (χ3n) is 4.74. The summed E-state index contributed by atoms with van der Waals surface area (Å²) in [4.78, 5) is 7.21. The molecule has 0 saturated carbocycles. The van der Waals surface area contributed by atoms with Crippen LogP contribution in [-0.4, -0.2) is 57.1 Å². The van der Waals surface area contributed by atoms with Gasteiger partial charge in [-0.15, -0.1) is 0 Å². The highest BCUT2D eigenvalue weighted by Crippen LogP contribution is 2.17. The van der Waals surface area contributed by atoms with E-state index < -0.39 is 0 Å². The lowest BCUT2D eigenvalue weighted by Gasteiger charge is -2.22. The number of ether oxygens (including phenoxy) is 1. The number of aromatic nitrogens is 4. The normalized spacial score (nSPS) is 22.6. The first-order chi connectivity index (χ1) is 10.9. The van der Waals surface area contributed by atoms with Crippen LogP contribution in [0.25, 0.3) is 0 Å². The molecule has 4 rings (SSSR count). The van der Waals surface area contributed by atoms with E-state index in [1.54, 1.807) is 0 Å². The maximum atomic E-state index is 5.50. The average Bonchev–Trinajstić information content (AvgIpc) is 3.24. The number of imidazole rings is 1. The molecule has 0 spiro atoms. The van der Waals surface area contributed by atoms with Crippen LogP contribution in [0.2, 0.25) is 0 Å². The van der Waals surface area contributed by atoms with Gasteiger partial charge in [0.1, 0.15) is 5.82 Å². The summed E-state index contributed by atoms with van der Waals surface area (Å²) in [5.74, 6) is 1.93. The Morgan fingerprint density at radius 2 is 2.27 bits per heavy atom. The summed E-state index contributed by atoms with van der Waals surface area (Å²) < 4.78 is 9.84. The van der Waals surface area contributed by atoms with Gasteiger partial charge in [-0.05, 0) is 18.4 Å². The molecule has 118 valence electrons. The van der Waals surface area contributed by atoms with Gasteiger partial charge in [-0.3, -0.25) is 4.68 Å². The number of hydrogen-bond donors (Lipinski definition) is 0. The Labute approximate surface area is 130 Å². The summed E-state index contributed by atoms with van der Waals surface area (Å²) in [5, 5.41) is 4.30. The van der Waals surface area contributed by atoms with E-state index in [0.29, 0.717) is 5.92 Å². The molecule has 0 amide bonds. The molecule has 4 heterocycles. The predicted octanol–water partition coefficient (Wildman–Crippen LogP) is 1.02. The predicted molar refractivity (Wildman–Crippen MR) is 82.6 cm³/mol. The van der Waals surface area contributed by atoms with E-state index in [2.05, 4.69) is 19.5 Å². The van der Waals surface area contributed by atoms with Crippen LogP contribution < -0.4 is 0 Å². The average molecular weight is 301 g/mol. The zero-order valence-electron chi connectivity index (χ0n) is 12.9. The second kappa shape index (κ2) is 6.22. The Balaban J connectivity index is 1.42. The number of rotatable bonds is 4. The van der Waals surface area contributed by atoms with Crippen molar-refractivity contribution in [2.24, 2.45) is 5.92 Å². The van der Waals surface area contributed by atoms with E-state index in [1.165, 1.54) is 24.5 Å². The molecule has 2 aliphatic heterocycles. The molecule has 1 saturated heterocycles. The second-order valence-corrected chi connectivity index (χ2v) is 6.30. The van der Waals surface area contributed by atoms with Gasteiger partial charge < -0.3 is 14.2 Å². The van der Waals surface area contributed by atoms with Gasteiger partial charge in [0.15, 0.2) is 0 Å². The van der Waals surface area contributed by atoms with E-state index in [0.717, 1.165) is 45.8 Å². The Kier molecular flexibility index (Phi) is 3.95. The molecule has 1 atom stereocenters. The molecule has 0 aromatic carbocycles. The van der Waals surface area contributed by atoms with Gasteiger partial charge in [0.05, 0.1) is 25.0 Å². The summed E-state index contributed by atoms with van der Waals surface area (Å²) in [6, 6.07) is 1.96. The van der Waals surface area contributed by atoms with E-state index in [1.807, 2.05) is 29.3 Å². The van der Waals surface area contributed by atoms with Gasteiger partial charge >= 0.3 is 0 Å². The molecular formula is C16H23N5O. The molecular weight excluding hydrogens is 278 g/mol. The first kappa shape index (κ1) is 14.0. The van der Waals surface area contributed by atoms with E-state index in [9.17, 15) is 0 Å². The molecule has 0 bridgehead atoms. The van der Waals surface area contributed by atoms with Crippen molar-refractivity contribution < 1.29 is 4.74 Å². The highest BCUT2D eigenvalue weighted by Gasteiger charge is 2.22. The van der Waals surface area contributed by atoms with Crippen molar-refractivity contribution >= 4 is 0 Å². The Bertz CT molecular complexity index is 600. The molecule has 0 N–H and O–H groups in total. The minimum absolute atomic E-state index is 0.717. The monoisotopic (exact) mass is 301 g/mol. The fraction of sp³-hybridized carbons (Fsp3) is 0.625. The highest BCUT2D eigenvalue weighted by molar-refractivity contribution is 5.08. The van der Waals surface area contributed by atoms with Crippen molar-refractivity contribution in [1.29, 1.82) is 0 Å². The fourth-order valence-corrected chi connectivity index (χ4v) is 3.50. The first-order valence-corrected chi connectivity index (χ1v) is 8.19. The van der Waals surface area contributed by atoms with Crippen LogP contribution in [0.15, 0.2) is 24.7 Å². The summed E-state index contributed by atoms with van der Waals surface area (Å²) in [6.07, 6.45) is 8.09. The second-order valence-electron chi connectivity index (χ2n) is 6.30. The number of nitrogens with zero attached hydrogens (tertiary/aromatic N) is 5. The van der Waals surface area contributed by atoms with Crippen LogP contribution in [0.5, 0.6) is 0 Å². The fourth-order valence-electron chi connectivity index (χ4n) is 3.50. The van der Waals surface area contributed by atoms with Crippen molar-refractivity contribution in [3.05, 3.63) is 36.2 Å². The van der Waals surface area contributed by atoms with Gasteiger partial charge in [0.2, 0.25) is 0 Å². The molecule has 2 aromatic rings. The summed E-state index contributed by atoms with van der Waals surface area (Å²) in [6.45, 7) is 7.08. The van der Waals surface area contributed by atoms with Crippen LogP contribution in [0.4, 0.5) is 0 Å². The zero-order chi connectivity index (χ0) is 14.8. The smallest absolute Gasteiger partial charge is 0.110 e. The summed E-state index contributed by atoms with van der Waals surface area (Å²) >= 11 is 0. The number of hydrogen-bond acceptors (Lipinski definition) is 4. The molecule has 2 aromatic heterocycles. The molecule has 2 aliphatic rings. The highest BCUT2D eigenvalue weighted by atomic mass is 16.5. The van der Waals surface area contributed by atoms with Gasteiger partial charge in [0, 0.05) is 51.6 Å². The minimum atomic E-state index is 0.717. The van der Waals surface area contributed by atoms with E-state index in [4.69, 9.17) is 4.74 Å². The topological polar surface area (TPSA) is 48.1 Å². The van der Waals surface area contributed by atoms with Gasteiger partial charge in [-0.2, -0.15) is 5.10 Å². The Hall–Kier alpha value is -1.66. The standard InChI is InChI=1S/C16H23N5O/c1-4-18-20(5-1)12-15-10-17-16-2-6-19(7-8-21(15)16)11-14-3-9-22-13-14/h1,4-5,10,14H,2-3,6-9,11-13H2. The van der Waals surface area contributed by atoms with Crippen LogP contribution >= 0.6 is 0 Å². The summed E-state index contributed by atoms with van der Waals surface area (Å²) in [5.41, 5.74) is 1.25. The van der Waals surface area contributed by atoms with Crippen molar-refractivity contribution in [2.45, 2.75) is 25.9 Å². The minimum Gasteiger partial charge on any atom is -0.381 e. The lowest BCUT2D eigenvalue weighted by atomic mass is 10.1. The van der Waals surface area contributed by atoms with Crippen molar-refractivity contribution in [3.63, 3.8) is 0 Å². The lowest BCUT2D eigenvalue weighted by Crippen LogP contribution is -2.32. The third-order valence-corrected chi connectivity index (χ3v) is 4.74. The van der Waals surface area contributed by atoms with E-state index in [-0.39, 0.29) is 0 Å². The third kappa shape index (κ3) is 2.94. The Morgan fingerprint density at radius 1 is 1.27 bits per heavy atom. The molecule has 0 aliphatic carbocycles. The lowest BCUT2D eigenvalue weighted by molar-refractivity contribution is 0.167. The molecule has 1 unspecified atom stereocenters. The van der Waals surface area contributed by atoms with Gasteiger partial charge in [-0.1, -0.05) is 0 Å².